The van der Waals surface area contributed by atoms with Gasteiger partial charge in [0.2, 0.25) is 5.91 Å². The number of nitrogens with zero attached hydrogens (tertiary/aromatic N) is 3. The fourth-order valence-corrected chi connectivity index (χ4v) is 4.03. The quantitative estimate of drug-likeness (QED) is 0.485. The summed E-state index contributed by atoms with van der Waals surface area (Å²) >= 11 is 0. The van der Waals surface area contributed by atoms with Crippen LogP contribution in [0.2, 0.25) is 0 Å². The van der Waals surface area contributed by atoms with Gasteiger partial charge in [-0.2, -0.15) is 5.10 Å². The van der Waals surface area contributed by atoms with Crippen LogP contribution in [0.1, 0.15) is 12.0 Å². The molecule has 2 N–H and O–H groups in total. The summed E-state index contributed by atoms with van der Waals surface area (Å²) < 4.78 is 0. The Morgan fingerprint density at radius 3 is 2.61 bits per heavy atom. The molecule has 1 saturated heterocycles. The van der Waals surface area contributed by atoms with Crippen LogP contribution in [0.5, 0.6) is 0 Å². The SMILES string of the molecule is Cl.O=C(Nc1n[nH]c2cc(-c3ccccc3)ncc12)C1CCN(Cc2ccccc2)C1. The summed E-state index contributed by atoms with van der Waals surface area (Å²) in [6, 6.07) is 22.3. The van der Waals surface area contributed by atoms with Crippen LogP contribution >= 0.6 is 12.4 Å². The number of nitrogens with one attached hydrogen (secondary N) is 2. The van der Waals surface area contributed by atoms with Crippen molar-refractivity contribution in [1.29, 1.82) is 0 Å². The zero-order valence-electron chi connectivity index (χ0n) is 17.0. The Bertz CT molecular complexity index is 1160. The number of benzene rings is 2. The molecule has 0 radical (unpaired) electrons. The van der Waals surface area contributed by atoms with Gasteiger partial charge in [0.05, 0.1) is 22.5 Å². The largest absolute Gasteiger partial charge is 0.308 e. The van der Waals surface area contributed by atoms with Gasteiger partial charge in [0.15, 0.2) is 5.82 Å². The number of halogens is 1. The highest BCUT2D eigenvalue weighted by Crippen LogP contribution is 2.26. The Morgan fingerprint density at radius 1 is 1.10 bits per heavy atom. The third kappa shape index (κ3) is 4.60. The first-order chi connectivity index (χ1) is 14.8. The molecule has 1 aliphatic rings. The molecule has 0 aliphatic carbocycles. The first kappa shape index (κ1) is 21.0. The summed E-state index contributed by atoms with van der Waals surface area (Å²) in [5, 5.41) is 11.2. The third-order valence-corrected chi connectivity index (χ3v) is 5.65. The molecule has 5 rings (SSSR count). The molecule has 6 nitrogen and oxygen atoms in total. The Balaban J connectivity index is 0.00000231. The second-order valence-electron chi connectivity index (χ2n) is 7.75. The highest BCUT2D eigenvalue weighted by molar-refractivity contribution is 6.00. The number of aromatic amines is 1. The van der Waals surface area contributed by atoms with E-state index in [0.717, 1.165) is 48.2 Å². The van der Waals surface area contributed by atoms with Gasteiger partial charge in [-0.25, -0.2) is 0 Å². The lowest BCUT2D eigenvalue weighted by atomic mass is 10.1. The lowest BCUT2D eigenvalue weighted by Gasteiger charge is -2.15. The van der Waals surface area contributed by atoms with E-state index < -0.39 is 0 Å². The zero-order chi connectivity index (χ0) is 20.3. The van der Waals surface area contributed by atoms with Crippen molar-refractivity contribution in [3.63, 3.8) is 0 Å². The maximum atomic E-state index is 12.8. The molecule has 2 aromatic heterocycles. The molecule has 2 aromatic carbocycles. The number of carbonyl (C=O) groups is 1. The van der Waals surface area contributed by atoms with Crippen molar-refractivity contribution in [2.45, 2.75) is 13.0 Å². The molecule has 1 aliphatic heterocycles. The van der Waals surface area contributed by atoms with Crippen molar-refractivity contribution in [2.24, 2.45) is 5.92 Å². The van der Waals surface area contributed by atoms with Crippen LogP contribution in [-0.2, 0) is 11.3 Å². The van der Waals surface area contributed by atoms with E-state index in [4.69, 9.17) is 0 Å². The topological polar surface area (TPSA) is 73.9 Å². The lowest BCUT2D eigenvalue weighted by molar-refractivity contribution is -0.119. The summed E-state index contributed by atoms with van der Waals surface area (Å²) in [6.07, 6.45) is 2.63. The van der Waals surface area contributed by atoms with Gasteiger partial charge in [0.1, 0.15) is 0 Å². The number of amides is 1. The monoisotopic (exact) mass is 433 g/mol. The minimum absolute atomic E-state index is 0. The van der Waals surface area contributed by atoms with Crippen molar-refractivity contribution in [3.05, 3.63) is 78.5 Å². The summed E-state index contributed by atoms with van der Waals surface area (Å²) in [7, 11) is 0. The highest BCUT2D eigenvalue weighted by atomic mass is 35.5. The number of H-pyrrole nitrogens is 1. The van der Waals surface area contributed by atoms with Gasteiger partial charge in [0.25, 0.3) is 0 Å². The summed E-state index contributed by atoms with van der Waals surface area (Å²) in [5.74, 6) is 0.534. The first-order valence-corrected chi connectivity index (χ1v) is 10.2. The molecular weight excluding hydrogens is 410 g/mol. The average Bonchev–Trinajstić information content (AvgIpc) is 3.42. The molecule has 1 unspecified atom stereocenters. The van der Waals surface area contributed by atoms with Crippen molar-refractivity contribution >= 4 is 35.0 Å². The number of fused-ring (bicyclic) bond motifs is 1. The van der Waals surface area contributed by atoms with Gasteiger partial charge in [-0.15, -0.1) is 12.4 Å². The Morgan fingerprint density at radius 2 is 1.84 bits per heavy atom. The second-order valence-corrected chi connectivity index (χ2v) is 7.75. The Labute approximate surface area is 187 Å². The highest BCUT2D eigenvalue weighted by Gasteiger charge is 2.29. The summed E-state index contributed by atoms with van der Waals surface area (Å²) in [5.41, 5.74) is 4.05. The molecule has 1 fully saturated rings. The molecular formula is C24H24ClN5O. The lowest BCUT2D eigenvalue weighted by Crippen LogP contribution is -2.27. The van der Waals surface area contributed by atoms with E-state index in [0.29, 0.717) is 5.82 Å². The van der Waals surface area contributed by atoms with Crippen LogP contribution < -0.4 is 5.32 Å². The van der Waals surface area contributed by atoms with Gasteiger partial charge in [0, 0.05) is 24.8 Å². The maximum absolute atomic E-state index is 12.8. The first-order valence-electron chi connectivity index (χ1n) is 10.2. The number of aromatic nitrogens is 3. The second kappa shape index (κ2) is 9.29. The molecule has 1 atom stereocenters. The normalized spacial score (nSPS) is 16.2. The van der Waals surface area contributed by atoms with Crippen LogP contribution in [0.15, 0.2) is 72.9 Å². The molecule has 3 heterocycles. The molecule has 0 spiro atoms. The number of rotatable bonds is 5. The molecule has 4 aromatic rings. The summed E-state index contributed by atoms with van der Waals surface area (Å²) in [4.78, 5) is 19.7. The Kier molecular flexibility index (Phi) is 6.30. The third-order valence-electron chi connectivity index (χ3n) is 5.65. The minimum Gasteiger partial charge on any atom is -0.308 e. The van der Waals surface area contributed by atoms with Crippen LogP contribution in [-0.4, -0.2) is 39.1 Å². The number of pyridine rings is 1. The Hall–Kier alpha value is -3.22. The molecule has 7 heteroatoms. The molecule has 0 saturated carbocycles. The van der Waals surface area contributed by atoms with Crippen molar-refractivity contribution in [1.82, 2.24) is 20.1 Å². The number of hydrogen-bond donors (Lipinski definition) is 2. The van der Waals surface area contributed by atoms with E-state index >= 15 is 0 Å². The van der Waals surface area contributed by atoms with Crippen molar-refractivity contribution in [3.8, 4) is 11.3 Å². The van der Waals surface area contributed by atoms with Crippen LogP contribution in [0.4, 0.5) is 5.82 Å². The fourth-order valence-electron chi connectivity index (χ4n) is 4.03. The summed E-state index contributed by atoms with van der Waals surface area (Å²) in [6.45, 7) is 2.57. The van der Waals surface area contributed by atoms with E-state index in [9.17, 15) is 4.79 Å². The van der Waals surface area contributed by atoms with Crippen LogP contribution in [0.25, 0.3) is 22.2 Å². The van der Waals surface area contributed by atoms with E-state index in [1.165, 1.54) is 5.56 Å². The number of hydrogen-bond acceptors (Lipinski definition) is 4. The van der Waals surface area contributed by atoms with E-state index in [-0.39, 0.29) is 24.2 Å². The molecule has 0 bridgehead atoms. The van der Waals surface area contributed by atoms with E-state index in [1.54, 1.807) is 6.20 Å². The van der Waals surface area contributed by atoms with E-state index in [1.807, 2.05) is 42.5 Å². The van der Waals surface area contributed by atoms with Gasteiger partial charge in [-0.05, 0) is 24.6 Å². The minimum atomic E-state index is -0.0305. The molecule has 158 valence electrons. The van der Waals surface area contributed by atoms with Gasteiger partial charge in [-0.3, -0.25) is 19.8 Å². The zero-order valence-corrected chi connectivity index (χ0v) is 17.8. The number of carbonyl (C=O) groups excluding carboxylic acids is 1. The standard InChI is InChI=1S/C24H23N5O.ClH/c30-24(19-11-12-29(16-19)15-17-7-3-1-4-8-17)26-23-20-14-25-21(13-22(20)27-28-23)18-9-5-2-6-10-18;/h1-10,13-14,19H,11-12,15-16H2,(H2,26,27,28,30);1H. The van der Waals surface area contributed by atoms with Crippen molar-refractivity contribution < 1.29 is 4.79 Å². The van der Waals surface area contributed by atoms with Gasteiger partial charge < -0.3 is 5.32 Å². The van der Waals surface area contributed by atoms with Crippen molar-refractivity contribution in [2.75, 3.05) is 18.4 Å². The maximum Gasteiger partial charge on any atom is 0.230 e. The van der Waals surface area contributed by atoms with Crippen LogP contribution in [0, 0.1) is 5.92 Å². The smallest absolute Gasteiger partial charge is 0.230 e. The fraction of sp³-hybridized carbons (Fsp3) is 0.208. The molecule has 1 amide bonds. The predicted octanol–water partition coefficient (Wildman–Crippen LogP) is 4.51. The van der Waals surface area contributed by atoms with Crippen LogP contribution in [0.3, 0.4) is 0 Å². The number of anilines is 1. The van der Waals surface area contributed by atoms with Gasteiger partial charge >= 0.3 is 0 Å². The van der Waals surface area contributed by atoms with Gasteiger partial charge in [-0.1, -0.05) is 60.7 Å². The average molecular weight is 434 g/mol. The number of likely N-dealkylation sites (tertiary alicyclic amines) is 1. The van der Waals surface area contributed by atoms with E-state index in [2.05, 4.69) is 49.7 Å². The molecule has 31 heavy (non-hydrogen) atoms. The predicted molar refractivity (Wildman–Crippen MR) is 125 cm³/mol.